The molecule has 0 atom stereocenters. The predicted molar refractivity (Wildman–Crippen MR) is 103 cm³/mol. The number of carboxylic acid groups (broad SMARTS) is 1. The number of anilines is 1. The summed E-state index contributed by atoms with van der Waals surface area (Å²) in [7, 11) is 0. The summed E-state index contributed by atoms with van der Waals surface area (Å²) >= 11 is 1.02. The van der Waals surface area contributed by atoms with E-state index >= 15 is 0 Å². The van der Waals surface area contributed by atoms with Crippen LogP contribution in [0.1, 0.15) is 55.8 Å². The normalized spacial score (nSPS) is 14.4. The van der Waals surface area contributed by atoms with Crippen molar-refractivity contribution in [2.75, 3.05) is 5.73 Å². The molecule has 9 nitrogen and oxygen atoms in total. The molecule has 4 rings (SSSR count). The summed E-state index contributed by atoms with van der Waals surface area (Å²) in [6.07, 6.45) is 2.35. The monoisotopic (exact) mass is 398 g/mol. The highest BCUT2D eigenvalue weighted by atomic mass is 32.1. The molecule has 0 bridgehead atoms. The van der Waals surface area contributed by atoms with Crippen LogP contribution in [0.5, 0.6) is 0 Å². The third-order valence-corrected chi connectivity index (χ3v) is 5.95. The van der Waals surface area contributed by atoms with Crippen LogP contribution in [0.2, 0.25) is 0 Å². The highest BCUT2D eigenvalue weighted by molar-refractivity contribution is 7.13. The number of nitrogens with zero attached hydrogens (tertiary/aromatic N) is 4. The molecular weight excluding hydrogens is 380 g/mol. The smallest absolute Gasteiger partial charge is 0.347 e. The van der Waals surface area contributed by atoms with E-state index in [0.29, 0.717) is 34.2 Å². The number of thiazole rings is 1. The molecule has 0 aliphatic heterocycles. The molecule has 0 amide bonds. The van der Waals surface area contributed by atoms with Gasteiger partial charge in [0.25, 0.3) is 0 Å². The molecule has 10 heteroatoms. The number of H-pyrrole nitrogens is 1. The molecule has 1 aliphatic rings. The number of nitrogens with two attached hydrogens (primary N) is 1. The second-order valence-electron chi connectivity index (χ2n) is 7.41. The van der Waals surface area contributed by atoms with Crippen LogP contribution in [-0.4, -0.2) is 42.0 Å². The lowest BCUT2D eigenvalue weighted by atomic mass is 9.73. The number of hydrogen-bond donors (Lipinski definition) is 3. The first-order chi connectivity index (χ1) is 13.2. The lowest BCUT2D eigenvalue weighted by Crippen LogP contribution is -2.28. The van der Waals surface area contributed by atoms with E-state index in [0.717, 1.165) is 22.5 Å². The molecule has 0 unspecified atom stereocenters. The Labute approximate surface area is 164 Å². The number of aryl methyl sites for hydroxylation is 1. The zero-order chi connectivity index (χ0) is 20.2. The van der Waals surface area contributed by atoms with Crippen molar-refractivity contribution in [1.29, 1.82) is 0 Å². The molecule has 0 radical (unpaired) electrons. The molecule has 0 aromatic carbocycles. The number of aromatic nitrogens is 5. The number of carboxylic acids is 1. The zero-order valence-corrected chi connectivity index (χ0v) is 16.3. The van der Waals surface area contributed by atoms with Crippen LogP contribution in [-0.2, 0) is 18.3 Å². The summed E-state index contributed by atoms with van der Waals surface area (Å²) in [5.74, 6) is -1.08. The number of hydrogen-bond acceptors (Lipinski definition) is 8. The number of aromatic carboxylic acids is 1. The number of carbonyl (C=O) groups is 2. The lowest BCUT2D eigenvalue weighted by molar-refractivity contribution is 0.0701. The van der Waals surface area contributed by atoms with E-state index in [-0.39, 0.29) is 28.4 Å². The van der Waals surface area contributed by atoms with Crippen LogP contribution in [0.3, 0.4) is 0 Å². The van der Waals surface area contributed by atoms with E-state index in [4.69, 9.17) is 5.73 Å². The maximum absolute atomic E-state index is 13.0. The third-order valence-electron chi connectivity index (χ3n) is 4.81. The predicted octanol–water partition coefficient (Wildman–Crippen LogP) is 2.17. The number of ketones is 1. The first kappa shape index (κ1) is 18.2. The Morgan fingerprint density at radius 1 is 1.32 bits per heavy atom. The molecule has 144 valence electrons. The van der Waals surface area contributed by atoms with Gasteiger partial charge in [-0.3, -0.25) is 9.89 Å². The van der Waals surface area contributed by atoms with Crippen molar-refractivity contribution in [3.05, 3.63) is 38.6 Å². The van der Waals surface area contributed by atoms with Gasteiger partial charge in [-0.05, 0) is 24.3 Å². The van der Waals surface area contributed by atoms with E-state index in [1.165, 1.54) is 0 Å². The molecule has 28 heavy (non-hydrogen) atoms. The minimum Gasteiger partial charge on any atom is -0.477 e. The average Bonchev–Trinajstić information content (AvgIpc) is 3.20. The molecule has 3 aromatic heterocycles. The van der Waals surface area contributed by atoms with Gasteiger partial charge in [0.2, 0.25) is 5.95 Å². The van der Waals surface area contributed by atoms with Gasteiger partial charge in [-0.2, -0.15) is 5.10 Å². The van der Waals surface area contributed by atoms with Crippen molar-refractivity contribution in [3.8, 4) is 11.4 Å². The van der Waals surface area contributed by atoms with E-state index in [2.05, 4.69) is 25.1 Å². The van der Waals surface area contributed by atoms with Crippen molar-refractivity contribution >= 4 is 29.0 Å². The van der Waals surface area contributed by atoms with Crippen molar-refractivity contribution in [1.82, 2.24) is 25.1 Å². The van der Waals surface area contributed by atoms with E-state index in [1.54, 1.807) is 13.1 Å². The molecule has 0 fully saturated rings. The fourth-order valence-electron chi connectivity index (χ4n) is 3.65. The molecule has 0 spiro atoms. The number of fused-ring (bicyclic) bond motifs is 3. The maximum Gasteiger partial charge on any atom is 0.347 e. The highest BCUT2D eigenvalue weighted by Gasteiger charge is 2.38. The summed E-state index contributed by atoms with van der Waals surface area (Å²) in [5.41, 5.74) is 9.14. The SMILES string of the molecule is Cc1nc(CC(=O)c2[nH]nc3c2C(C)(C)Cc2cnc(N)nc2-3)sc1C(=O)O. The Hall–Kier alpha value is -3.14. The number of nitrogen functional groups attached to an aromatic ring is 1. The van der Waals surface area contributed by atoms with Gasteiger partial charge in [0.05, 0.1) is 17.8 Å². The first-order valence-electron chi connectivity index (χ1n) is 8.61. The molecule has 3 aromatic rings. The Morgan fingerprint density at radius 3 is 2.75 bits per heavy atom. The quantitative estimate of drug-likeness (QED) is 0.566. The van der Waals surface area contributed by atoms with Crippen LogP contribution in [0.15, 0.2) is 6.20 Å². The van der Waals surface area contributed by atoms with Gasteiger partial charge in [-0.25, -0.2) is 19.7 Å². The van der Waals surface area contributed by atoms with Crippen LogP contribution in [0, 0.1) is 6.92 Å². The largest absolute Gasteiger partial charge is 0.477 e. The number of carbonyl (C=O) groups excluding carboxylic acids is 1. The fourth-order valence-corrected chi connectivity index (χ4v) is 4.55. The van der Waals surface area contributed by atoms with Crippen molar-refractivity contribution < 1.29 is 14.7 Å². The minimum absolute atomic E-state index is 0.00225. The summed E-state index contributed by atoms with van der Waals surface area (Å²) in [5, 5.41) is 16.8. The number of Topliss-reactive ketones (excluding diaryl/α,β-unsaturated/α-hetero) is 1. The van der Waals surface area contributed by atoms with Crippen molar-refractivity contribution in [3.63, 3.8) is 0 Å². The lowest BCUT2D eigenvalue weighted by Gasteiger charge is -2.30. The van der Waals surface area contributed by atoms with Gasteiger partial charge in [0.1, 0.15) is 21.3 Å². The van der Waals surface area contributed by atoms with E-state index in [1.807, 2.05) is 13.8 Å². The van der Waals surface area contributed by atoms with Gasteiger partial charge in [-0.15, -0.1) is 11.3 Å². The summed E-state index contributed by atoms with van der Waals surface area (Å²) in [6, 6.07) is 0. The van der Waals surface area contributed by atoms with Gasteiger partial charge in [0.15, 0.2) is 5.78 Å². The first-order valence-corrected chi connectivity index (χ1v) is 9.42. The second-order valence-corrected chi connectivity index (χ2v) is 8.50. The molecule has 0 saturated carbocycles. The third kappa shape index (κ3) is 2.85. The number of nitrogens with one attached hydrogen (secondary N) is 1. The summed E-state index contributed by atoms with van der Waals surface area (Å²) in [6.45, 7) is 5.69. The second kappa shape index (κ2) is 6.20. The number of aromatic amines is 1. The van der Waals surface area contributed by atoms with Crippen molar-refractivity contribution in [2.45, 2.75) is 39.0 Å². The van der Waals surface area contributed by atoms with Gasteiger partial charge >= 0.3 is 5.97 Å². The van der Waals surface area contributed by atoms with Crippen LogP contribution in [0.4, 0.5) is 5.95 Å². The molecule has 1 aliphatic carbocycles. The number of rotatable bonds is 4. The topological polar surface area (TPSA) is 148 Å². The Balaban J connectivity index is 1.74. The average molecular weight is 398 g/mol. The molecule has 4 N–H and O–H groups in total. The minimum atomic E-state index is -1.04. The maximum atomic E-state index is 13.0. The standard InChI is InChI=1S/C18H18N6O3S/c1-7-15(16(26)27)28-10(21-7)4-9(25)13-11-14(24-23-13)12-8(5-18(11,2)3)6-20-17(19)22-12/h6H,4-5H2,1-3H3,(H,23,24)(H,26,27)(H2,19,20,22). The summed E-state index contributed by atoms with van der Waals surface area (Å²) in [4.78, 5) is 37.0. The van der Waals surface area contributed by atoms with E-state index < -0.39 is 5.97 Å². The fraction of sp³-hybridized carbons (Fsp3) is 0.333. The highest BCUT2D eigenvalue weighted by Crippen LogP contribution is 2.43. The Morgan fingerprint density at radius 2 is 2.07 bits per heavy atom. The van der Waals surface area contributed by atoms with Gasteiger partial charge < -0.3 is 10.8 Å². The van der Waals surface area contributed by atoms with Crippen LogP contribution >= 0.6 is 11.3 Å². The van der Waals surface area contributed by atoms with Gasteiger partial charge in [-0.1, -0.05) is 13.8 Å². The zero-order valence-electron chi connectivity index (χ0n) is 15.5. The van der Waals surface area contributed by atoms with Crippen molar-refractivity contribution in [2.24, 2.45) is 0 Å². The van der Waals surface area contributed by atoms with Crippen LogP contribution < -0.4 is 5.73 Å². The molecular formula is C18H18N6O3S. The molecule has 3 heterocycles. The Kier molecular flexibility index (Phi) is 4.03. The van der Waals surface area contributed by atoms with E-state index in [9.17, 15) is 14.7 Å². The van der Waals surface area contributed by atoms with Crippen LogP contribution in [0.25, 0.3) is 11.4 Å². The summed E-state index contributed by atoms with van der Waals surface area (Å²) < 4.78 is 0. The van der Waals surface area contributed by atoms with Gasteiger partial charge in [0, 0.05) is 11.8 Å². The molecule has 0 saturated heterocycles. The Bertz CT molecular complexity index is 1130.